The van der Waals surface area contributed by atoms with Gasteiger partial charge in [-0.1, -0.05) is 19.9 Å². The van der Waals surface area contributed by atoms with Crippen LogP contribution in [-0.2, 0) is 6.54 Å². The number of carbonyl (C=O) groups excluding carboxylic acids is 1. The summed E-state index contributed by atoms with van der Waals surface area (Å²) in [7, 11) is 0. The van der Waals surface area contributed by atoms with E-state index in [1.54, 1.807) is 11.3 Å². The predicted octanol–water partition coefficient (Wildman–Crippen LogP) is 4.81. The lowest BCUT2D eigenvalue weighted by Gasteiger charge is -2.26. The molecule has 3 aromatic rings. The fourth-order valence-corrected chi connectivity index (χ4v) is 5.58. The number of ether oxygens (including phenoxy) is 2. The summed E-state index contributed by atoms with van der Waals surface area (Å²) < 4.78 is 13.5. The van der Waals surface area contributed by atoms with Gasteiger partial charge in [0.1, 0.15) is 18.0 Å². The number of benzene rings is 1. The third-order valence-corrected chi connectivity index (χ3v) is 6.96. The average Bonchev–Trinajstić information content (AvgIpc) is 3.44. The fourth-order valence-electron chi connectivity index (χ4n) is 4.45. The SMILES string of the molecule is Cc1nn(CC(C)C)c2sc(C(=O)N3CCC[C@@H]3c3ccc4c(c3)OCCO4)cc12. The first-order valence-electron chi connectivity index (χ1n) is 10.7. The van der Waals surface area contributed by atoms with Crippen molar-refractivity contribution in [1.82, 2.24) is 14.7 Å². The van der Waals surface area contributed by atoms with Crippen molar-refractivity contribution >= 4 is 27.5 Å². The van der Waals surface area contributed by atoms with Gasteiger partial charge in [-0.15, -0.1) is 11.3 Å². The van der Waals surface area contributed by atoms with E-state index in [4.69, 9.17) is 9.47 Å². The van der Waals surface area contributed by atoms with Crippen LogP contribution in [0.15, 0.2) is 24.3 Å². The third-order valence-electron chi connectivity index (χ3n) is 5.82. The number of nitrogens with zero attached hydrogens (tertiary/aromatic N) is 3. The van der Waals surface area contributed by atoms with E-state index in [1.807, 2.05) is 30.0 Å². The van der Waals surface area contributed by atoms with Crippen molar-refractivity contribution in [2.75, 3.05) is 19.8 Å². The molecule has 0 radical (unpaired) electrons. The highest BCUT2D eigenvalue weighted by molar-refractivity contribution is 7.20. The van der Waals surface area contributed by atoms with E-state index in [9.17, 15) is 4.79 Å². The molecule has 7 heteroatoms. The summed E-state index contributed by atoms with van der Waals surface area (Å²) in [4.78, 5) is 17.4. The molecule has 0 saturated carbocycles. The van der Waals surface area contributed by atoms with Crippen LogP contribution < -0.4 is 9.47 Å². The number of likely N-dealkylation sites (tertiary alicyclic amines) is 1. The van der Waals surface area contributed by atoms with E-state index in [2.05, 4.69) is 29.7 Å². The molecule has 30 heavy (non-hydrogen) atoms. The van der Waals surface area contributed by atoms with E-state index in [1.165, 1.54) is 0 Å². The van der Waals surface area contributed by atoms with E-state index in [-0.39, 0.29) is 11.9 Å². The summed E-state index contributed by atoms with van der Waals surface area (Å²) in [5.74, 6) is 2.19. The van der Waals surface area contributed by atoms with Crippen molar-refractivity contribution in [2.24, 2.45) is 5.92 Å². The van der Waals surface area contributed by atoms with Crippen LogP contribution in [0.2, 0.25) is 0 Å². The normalized spacial score (nSPS) is 18.5. The summed E-state index contributed by atoms with van der Waals surface area (Å²) in [6, 6.07) is 8.18. The van der Waals surface area contributed by atoms with Gasteiger partial charge in [-0.2, -0.15) is 5.10 Å². The second kappa shape index (κ2) is 7.61. The van der Waals surface area contributed by atoms with Gasteiger partial charge in [0.05, 0.1) is 16.6 Å². The van der Waals surface area contributed by atoms with E-state index >= 15 is 0 Å². The minimum Gasteiger partial charge on any atom is -0.486 e. The molecule has 158 valence electrons. The Balaban J connectivity index is 1.44. The van der Waals surface area contributed by atoms with Crippen molar-refractivity contribution in [1.29, 1.82) is 0 Å². The standard InChI is InChI=1S/C23H27N3O3S/c1-14(2)13-26-23-17(15(3)24-26)12-21(30-23)22(27)25-8-4-5-18(25)16-6-7-19-20(11-16)29-10-9-28-19/h6-7,11-12,14,18H,4-5,8-10,13H2,1-3H3/t18-/m1/s1. The van der Waals surface area contributed by atoms with Crippen molar-refractivity contribution in [3.05, 3.63) is 40.4 Å². The Bertz CT molecular complexity index is 1100. The molecule has 1 atom stereocenters. The van der Waals surface area contributed by atoms with Gasteiger partial charge in [0.25, 0.3) is 5.91 Å². The molecular weight excluding hydrogens is 398 g/mol. The number of aryl methyl sites for hydroxylation is 1. The van der Waals surface area contributed by atoms with Gasteiger partial charge in [0.15, 0.2) is 11.5 Å². The second-order valence-electron chi connectivity index (χ2n) is 8.55. The number of aromatic nitrogens is 2. The first kappa shape index (κ1) is 19.4. The van der Waals surface area contributed by atoms with Crippen molar-refractivity contribution in [2.45, 2.75) is 46.2 Å². The first-order chi connectivity index (χ1) is 14.5. The number of rotatable bonds is 4. The Kier molecular flexibility index (Phi) is 4.93. The maximum atomic E-state index is 13.5. The van der Waals surface area contributed by atoms with Crippen LogP contribution in [0.5, 0.6) is 11.5 Å². The number of hydrogen-bond acceptors (Lipinski definition) is 5. The van der Waals surface area contributed by atoms with Crippen LogP contribution >= 0.6 is 11.3 Å². The number of amides is 1. The van der Waals surface area contributed by atoms with Gasteiger partial charge >= 0.3 is 0 Å². The predicted molar refractivity (Wildman–Crippen MR) is 118 cm³/mol. The minimum absolute atomic E-state index is 0.0757. The van der Waals surface area contributed by atoms with E-state index in [0.29, 0.717) is 19.1 Å². The summed E-state index contributed by atoms with van der Waals surface area (Å²) in [5, 5.41) is 5.76. The Hall–Kier alpha value is -2.54. The first-order valence-corrected chi connectivity index (χ1v) is 11.5. The molecule has 2 aliphatic heterocycles. The number of hydrogen-bond donors (Lipinski definition) is 0. The molecule has 1 amide bonds. The zero-order valence-electron chi connectivity index (χ0n) is 17.7. The van der Waals surface area contributed by atoms with Crippen LogP contribution in [0.4, 0.5) is 0 Å². The van der Waals surface area contributed by atoms with Crippen molar-refractivity contribution < 1.29 is 14.3 Å². The summed E-state index contributed by atoms with van der Waals surface area (Å²) in [6.07, 6.45) is 1.98. The van der Waals surface area contributed by atoms with Gasteiger partial charge in [0.2, 0.25) is 0 Å². The summed E-state index contributed by atoms with van der Waals surface area (Å²) in [5.41, 5.74) is 2.11. The molecule has 1 fully saturated rings. The van der Waals surface area contributed by atoms with Crippen molar-refractivity contribution in [3.63, 3.8) is 0 Å². The zero-order chi connectivity index (χ0) is 20.8. The lowest BCUT2D eigenvalue weighted by Crippen LogP contribution is -2.30. The third kappa shape index (κ3) is 3.35. The monoisotopic (exact) mass is 425 g/mol. The Labute approximate surface area is 180 Å². The molecule has 1 saturated heterocycles. The van der Waals surface area contributed by atoms with Gasteiger partial charge < -0.3 is 14.4 Å². The van der Waals surface area contributed by atoms with Gasteiger partial charge in [-0.05, 0) is 49.4 Å². The van der Waals surface area contributed by atoms with Gasteiger partial charge in [-0.3, -0.25) is 9.48 Å². The highest BCUT2D eigenvalue weighted by atomic mass is 32.1. The highest BCUT2D eigenvalue weighted by Crippen LogP contribution is 2.39. The summed E-state index contributed by atoms with van der Waals surface area (Å²) >= 11 is 1.57. The highest BCUT2D eigenvalue weighted by Gasteiger charge is 2.32. The molecule has 2 aromatic heterocycles. The molecule has 6 nitrogen and oxygen atoms in total. The molecule has 0 N–H and O–H groups in total. The topological polar surface area (TPSA) is 56.6 Å². The van der Waals surface area contributed by atoms with Crippen molar-refractivity contribution in [3.8, 4) is 11.5 Å². The molecule has 0 bridgehead atoms. The Morgan fingerprint density at radius 3 is 2.83 bits per heavy atom. The molecule has 4 heterocycles. The molecule has 0 aliphatic carbocycles. The lowest BCUT2D eigenvalue weighted by molar-refractivity contribution is 0.0740. The second-order valence-corrected chi connectivity index (χ2v) is 9.58. The Morgan fingerprint density at radius 1 is 1.23 bits per heavy atom. The maximum absolute atomic E-state index is 13.5. The number of fused-ring (bicyclic) bond motifs is 2. The molecule has 5 rings (SSSR count). The molecule has 0 spiro atoms. The van der Waals surface area contributed by atoms with E-state index in [0.717, 1.165) is 63.8 Å². The Morgan fingerprint density at radius 2 is 2.03 bits per heavy atom. The quantitative estimate of drug-likeness (QED) is 0.602. The zero-order valence-corrected chi connectivity index (χ0v) is 18.5. The fraction of sp³-hybridized carbons (Fsp3) is 0.478. The number of thiophene rings is 1. The van der Waals surface area contributed by atoms with Crippen LogP contribution in [-0.4, -0.2) is 40.3 Å². The molecular formula is C23H27N3O3S. The smallest absolute Gasteiger partial charge is 0.264 e. The molecule has 2 aliphatic rings. The summed E-state index contributed by atoms with van der Waals surface area (Å²) in [6.45, 7) is 9.19. The van der Waals surface area contributed by atoms with Crippen LogP contribution in [0.1, 0.15) is 53.7 Å². The maximum Gasteiger partial charge on any atom is 0.264 e. The van der Waals surface area contributed by atoms with Gasteiger partial charge in [-0.25, -0.2) is 0 Å². The van der Waals surface area contributed by atoms with Gasteiger partial charge in [0, 0.05) is 18.5 Å². The van der Waals surface area contributed by atoms with Crippen LogP contribution in [0.25, 0.3) is 10.2 Å². The molecule has 0 unspecified atom stereocenters. The van der Waals surface area contributed by atoms with Crippen LogP contribution in [0, 0.1) is 12.8 Å². The largest absolute Gasteiger partial charge is 0.486 e. The van der Waals surface area contributed by atoms with Crippen LogP contribution in [0.3, 0.4) is 0 Å². The average molecular weight is 426 g/mol. The minimum atomic E-state index is 0.0757. The number of carbonyl (C=O) groups is 1. The lowest BCUT2D eigenvalue weighted by atomic mass is 10.0. The van der Waals surface area contributed by atoms with E-state index < -0.39 is 0 Å². The molecule has 1 aromatic carbocycles.